The van der Waals surface area contributed by atoms with Crippen LogP contribution < -0.4 is 4.90 Å². The summed E-state index contributed by atoms with van der Waals surface area (Å²) in [5, 5.41) is 0. The predicted octanol–water partition coefficient (Wildman–Crippen LogP) is 3.69. The largest absolute Gasteiger partial charge is 0.342 e. The van der Waals surface area contributed by atoms with Crippen molar-refractivity contribution in [2.45, 2.75) is 23.1 Å². The maximum Gasteiger partial charge on any atom is 0.269 e. The molecule has 2 aromatic carbocycles. The molecule has 0 aliphatic carbocycles. The zero-order valence-electron chi connectivity index (χ0n) is 23.4. The van der Waals surface area contributed by atoms with Gasteiger partial charge in [-0.2, -0.15) is 0 Å². The maximum absolute atomic E-state index is 13.6. The number of hydrogen-bond donors (Lipinski definition) is 0. The van der Waals surface area contributed by atoms with Crippen LogP contribution in [-0.2, 0) is 19.9 Å². The number of sulfone groups is 1. The van der Waals surface area contributed by atoms with E-state index in [1.807, 2.05) is 11.3 Å². The lowest BCUT2D eigenvalue weighted by atomic mass is 10.1. The Balaban J connectivity index is 1.53. The van der Waals surface area contributed by atoms with Crippen molar-refractivity contribution in [1.29, 1.82) is 0 Å². The maximum atomic E-state index is 13.6. The number of hydrogen-bond acceptors (Lipinski definition) is 8. The molecule has 1 fully saturated rings. The van der Waals surface area contributed by atoms with Crippen molar-refractivity contribution in [2.75, 3.05) is 44.9 Å². The van der Waals surface area contributed by atoms with E-state index in [1.165, 1.54) is 16.4 Å². The van der Waals surface area contributed by atoms with Gasteiger partial charge in [0, 0.05) is 37.7 Å². The second-order valence-electron chi connectivity index (χ2n) is 11.0. The van der Waals surface area contributed by atoms with Gasteiger partial charge in [-0.25, -0.2) is 30.8 Å². The fourth-order valence-electron chi connectivity index (χ4n) is 5.58. The van der Waals surface area contributed by atoms with E-state index >= 15 is 0 Å². The number of rotatable bonds is 7. The van der Waals surface area contributed by atoms with Crippen molar-refractivity contribution < 1.29 is 16.8 Å². The quantitative estimate of drug-likeness (QED) is 0.282. The third-order valence-electron chi connectivity index (χ3n) is 7.58. The smallest absolute Gasteiger partial charge is 0.269 e. The summed E-state index contributed by atoms with van der Waals surface area (Å²) in [4.78, 5) is 14.5. The van der Waals surface area contributed by atoms with E-state index in [1.54, 1.807) is 60.8 Å². The van der Waals surface area contributed by atoms with Crippen LogP contribution in [0.5, 0.6) is 0 Å². The molecule has 0 bridgehead atoms. The van der Waals surface area contributed by atoms with E-state index < -0.39 is 19.9 Å². The zero-order chi connectivity index (χ0) is 29.1. The first-order valence-electron chi connectivity index (χ1n) is 13.3. The summed E-state index contributed by atoms with van der Waals surface area (Å²) in [6, 6.07) is 15.2. The number of aromatic nitrogens is 4. The van der Waals surface area contributed by atoms with Gasteiger partial charge in [0.15, 0.2) is 15.5 Å². The molecule has 0 spiro atoms. The predicted molar refractivity (Wildman–Crippen MR) is 160 cm³/mol. The van der Waals surface area contributed by atoms with Gasteiger partial charge in [0.05, 0.1) is 32.7 Å². The van der Waals surface area contributed by atoms with Crippen LogP contribution in [0.1, 0.15) is 12.0 Å². The molecule has 12 heteroatoms. The molecule has 41 heavy (non-hydrogen) atoms. The highest BCUT2D eigenvalue weighted by Crippen LogP contribution is 2.35. The van der Waals surface area contributed by atoms with Crippen molar-refractivity contribution in [3.63, 3.8) is 0 Å². The van der Waals surface area contributed by atoms with Crippen LogP contribution in [0, 0.1) is 12.8 Å². The van der Waals surface area contributed by atoms with Crippen LogP contribution in [0.2, 0.25) is 0 Å². The molecular formula is C29H32N6O4S2. The second-order valence-corrected chi connectivity index (χ2v) is 14.9. The molecule has 10 nitrogen and oxygen atoms in total. The average Bonchev–Trinajstić information content (AvgIpc) is 3.65. The SMILES string of the molecule is Cc1ccc(S(=O)(=O)n2ccc3c2ncc2c(-c4ccc(S(C)(=O)=O)cc4)nc(N4CCC(CN(C)C)C4)n23)cc1. The summed E-state index contributed by atoms with van der Waals surface area (Å²) >= 11 is 0. The molecule has 6 rings (SSSR count). The molecule has 4 heterocycles. The third kappa shape index (κ3) is 4.89. The van der Waals surface area contributed by atoms with Gasteiger partial charge in [0.1, 0.15) is 0 Å². The van der Waals surface area contributed by atoms with Gasteiger partial charge in [0.25, 0.3) is 10.0 Å². The van der Waals surface area contributed by atoms with Crippen molar-refractivity contribution in [2.24, 2.45) is 5.92 Å². The van der Waals surface area contributed by atoms with E-state index in [0.29, 0.717) is 34.2 Å². The molecule has 5 aromatic rings. The summed E-state index contributed by atoms with van der Waals surface area (Å²) in [5.74, 6) is 1.18. The molecule has 1 aliphatic rings. The monoisotopic (exact) mass is 592 g/mol. The minimum Gasteiger partial charge on any atom is -0.342 e. The normalized spacial score (nSPS) is 16.4. The Morgan fingerprint density at radius 3 is 2.27 bits per heavy atom. The minimum absolute atomic E-state index is 0.186. The van der Waals surface area contributed by atoms with Crippen molar-refractivity contribution in [1.82, 2.24) is 23.2 Å². The Morgan fingerprint density at radius 1 is 0.927 bits per heavy atom. The number of fused-ring (bicyclic) bond motifs is 3. The fourth-order valence-corrected chi connectivity index (χ4v) is 7.50. The highest BCUT2D eigenvalue weighted by molar-refractivity contribution is 7.90. The first-order chi connectivity index (χ1) is 19.4. The van der Waals surface area contributed by atoms with Crippen LogP contribution in [0.25, 0.3) is 27.9 Å². The molecule has 1 atom stereocenters. The number of benzene rings is 2. The van der Waals surface area contributed by atoms with E-state index in [9.17, 15) is 16.8 Å². The van der Waals surface area contributed by atoms with Crippen LogP contribution in [0.4, 0.5) is 5.95 Å². The zero-order valence-corrected chi connectivity index (χ0v) is 25.0. The molecule has 3 aromatic heterocycles. The molecule has 1 aliphatic heterocycles. The molecule has 1 unspecified atom stereocenters. The van der Waals surface area contributed by atoms with Crippen LogP contribution in [0.3, 0.4) is 0 Å². The summed E-state index contributed by atoms with van der Waals surface area (Å²) in [6.45, 7) is 4.50. The lowest BCUT2D eigenvalue weighted by Crippen LogP contribution is -2.26. The number of aryl methyl sites for hydroxylation is 1. The van der Waals surface area contributed by atoms with Gasteiger partial charge in [0.2, 0.25) is 5.95 Å². The molecule has 0 amide bonds. The summed E-state index contributed by atoms with van der Waals surface area (Å²) in [6.07, 6.45) is 5.38. The van der Waals surface area contributed by atoms with Gasteiger partial charge >= 0.3 is 0 Å². The minimum atomic E-state index is -3.88. The van der Waals surface area contributed by atoms with Gasteiger partial charge < -0.3 is 9.80 Å². The Morgan fingerprint density at radius 2 is 1.61 bits per heavy atom. The molecule has 214 valence electrons. The number of imidazole rings is 1. The van der Waals surface area contributed by atoms with Gasteiger partial charge in [-0.3, -0.25) is 4.40 Å². The topological polar surface area (TPSA) is 110 Å². The standard InChI is InChI=1S/C29H32N6O4S2/c1-20-5-9-24(10-6-20)41(38,39)34-16-14-25-28(34)30-17-26-27(22-7-11-23(12-8-22)40(4,36)37)31-29(35(25)26)33-15-13-21(19-33)18-32(2)3/h5-12,14,16-17,21H,13,15,18-19H2,1-4H3. The van der Waals surface area contributed by atoms with E-state index in [0.717, 1.165) is 37.2 Å². The Labute approximate surface area is 239 Å². The fraction of sp³-hybridized carbons (Fsp3) is 0.310. The first kappa shape index (κ1) is 27.4. The Bertz CT molecular complexity index is 1980. The van der Waals surface area contributed by atoms with Crippen molar-refractivity contribution >= 4 is 42.5 Å². The van der Waals surface area contributed by atoms with Crippen LogP contribution >= 0.6 is 0 Å². The first-order valence-corrected chi connectivity index (χ1v) is 16.7. The molecule has 0 saturated carbocycles. The lowest BCUT2D eigenvalue weighted by Gasteiger charge is -2.19. The van der Waals surface area contributed by atoms with Gasteiger partial charge in [-0.1, -0.05) is 29.8 Å². The highest BCUT2D eigenvalue weighted by Gasteiger charge is 2.29. The Hall–Kier alpha value is -3.74. The van der Waals surface area contributed by atoms with Gasteiger partial charge in [-0.05, 0) is 63.7 Å². The van der Waals surface area contributed by atoms with E-state index in [-0.39, 0.29) is 9.79 Å². The second kappa shape index (κ2) is 9.97. The highest BCUT2D eigenvalue weighted by atomic mass is 32.2. The van der Waals surface area contributed by atoms with E-state index in [2.05, 4.69) is 28.9 Å². The summed E-state index contributed by atoms with van der Waals surface area (Å²) in [5.41, 5.74) is 4.01. The van der Waals surface area contributed by atoms with Crippen molar-refractivity contribution in [3.8, 4) is 11.3 Å². The third-order valence-corrected chi connectivity index (χ3v) is 10.4. The molecule has 1 saturated heterocycles. The summed E-state index contributed by atoms with van der Waals surface area (Å²) in [7, 11) is -3.09. The van der Waals surface area contributed by atoms with Crippen LogP contribution in [-0.4, -0.2) is 80.1 Å². The Kier molecular flexibility index (Phi) is 6.67. The van der Waals surface area contributed by atoms with Crippen LogP contribution in [0.15, 0.2) is 76.8 Å². The molecule has 0 radical (unpaired) electrons. The molecular weight excluding hydrogens is 560 g/mol. The van der Waals surface area contributed by atoms with E-state index in [4.69, 9.17) is 4.98 Å². The number of anilines is 1. The average molecular weight is 593 g/mol. The van der Waals surface area contributed by atoms with Gasteiger partial charge in [-0.15, -0.1) is 0 Å². The molecule has 0 N–H and O–H groups in total. The number of nitrogens with zero attached hydrogens (tertiary/aromatic N) is 6. The summed E-state index contributed by atoms with van der Waals surface area (Å²) < 4.78 is 54.5. The van der Waals surface area contributed by atoms with Crippen molar-refractivity contribution in [3.05, 3.63) is 72.6 Å². The lowest BCUT2D eigenvalue weighted by molar-refractivity contribution is 0.340.